The van der Waals surface area contributed by atoms with E-state index in [1.807, 2.05) is 17.2 Å². The fraction of sp³-hybridized carbons (Fsp3) is 0.688. The molecule has 5 nitrogen and oxygen atoms in total. The van der Waals surface area contributed by atoms with Crippen molar-refractivity contribution in [2.45, 2.75) is 44.2 Å². The second-order valence-electron chi connectivity index (χ2n) is 5.80. The molecule has 1 aromatic rings. The van der Waals surface area contributed by atoms with Crippen molar-refractivity contribution in [2.75, 3.05) is 26.4 Å². The smallest absolute Gasteiger partial charge is 0.225 e. The van der Waals surface area contributed by atoms with Crippen LogP contribution in [0.5, 0.6) is 0 Å². The van der Waals surface area contributed by atoms with Crippen LogP contribution in [0.4, 0.5) is 0 Å². The molecule has 2 aliphatic heterocycles. The first kappa shape index (κ1) is 14.6. The third-order valence-corrected chi connectivity index (χ3v) is 4.39. The van der Waals surface area contributed by atoms with Crippen LogP contribution in [0.15, 0.2) is 18.3 Å². The van der Waals surface area contributed by atoms with E-state index in [1.165, 1.54) is 0 Å². The fourth-order valence-electron chi connectivity index (χ4n) is 3.24. The van der Waals surface area contributed by atoms with Gasteiger partial charge in [0.25, 0.3) is 0 Å². The molecule has 2 aliphatic rings. The maximum absolute atomic E-state index is 12.4. The first-order valence-electron chi connectivity index (χ1n) is 7.96. The molecule has 0 aliphatic carbocycles. The van der Waals surface area contributed by atoms with Crippen LogP contribution in [0.2, 0.25) is 0 Å². The SMILES string of the molecule is O=C(CCOC1CCOCC1)N1CCC[C@H]1c1ccc[nH]1. The van der Waals surface area contributed by atoms with Gasteiger partial charge in [-0.1, -0.05) is 0 Å². The van der Waals surface area contributed by atoms with Crippen molar-refractivity contribution < 1.29 is 14.3 Å². The molecule has 0 radical (unpaired) electrons. The predicted octanol–water partition coefficient (Wildman–Crippen LogP) is 2.26. The zero-order valence-electron chi connectivity index (χ0n) is 12.4. The molecule has 1 amide bonds. The van der Waals surface area contributed by atoms with Gasteiger partial charge in [-0.3, -0.25) is 4.79 Å². The van der Waals surface area contributed by atoms with E-state index in [4.69, 9.17) is 9.47 Å². The zero-order valence-corrected chi connectivity index (χ0v) is 12.4. The van der Waals surface area contributed by atoms with Crippen molar-refractivity contribution in [1.29, 1.82) is 0 Å². The molecular formula is C16H24N2O3. The lowest BCUT2D eigenvalue weighted by molar-refractivity contribution is -0.134. The number of hydrogen-bond acceptors (Lipinski definition) is 3. The molecule has 2 fully saturated rings. The van der Waals surface area contributed by atoms with Gasteiger partial charge in [0.05, 0.1) is 25.2 Å². The molecule has 0 bridgehead atoms. The van der Waals surface area contributed by atoms with Gasteiger partial charge in [-0.15, -0.1) is 0 Å². The molecule has 3 heterocycles. The molecule has 116 valence electrons. The van der Waals surface area contributed by atoms with Crippen LogP contribution in [0, 0.1) is 0 Å². The monoisotopic (exact) mass is 292 g/mol. The van der Waals surface area contributed by atoms with Crippen molar-refractivity contribution in [1.82, 2.24) is 9.88 Å². The highest BCUT2D eigenvalue weighted by Gasteiger charge is 2.30. The van der Waals surface area contributed by atoms with Gasteiger partial charge in [-0.05, 0) is 37.8 Å². The van der Waals surface area contributed by atoms with Gasteiger partial charge < -0.3 is 19.4 Å². The van der Waals surface area contributed by atoms with E-state index < -0.39 is 0 Å². The van der Waals surface area contributed by atoms with E-state index in [-0.39, 0.29) is 18.1 Å². The molecule has 1 aromatic heterocycles. The summed E-state index contributed by atoms with van der Waals surface area (Å²) >= 11 is 0. The third-order valence-electron chi connectivity index (χ3n) is 4.39. The zero-order chi connectivity index (χ0) is 14.5. The first-order chi connectivity index (χ1) is 10.3. The lowest BCUT2D eigenvalue weighted by Gasteiger charge is -2.25. The van der Waals surface area contributed by atoms with Crippen molar-refractivity contribution >= 4 is 5.91 Å². The van der Waals surface area contributed by atoms with E-state index in [0.717, 1.165) is 51.1 Å². The number of H-pyrrole nitrogens is 1. The third kappa shape index (κ3) is 3.66. The molecular weight excluding hydrogens is 268 g/mol. The summed E-state index contributed by atoms with van der Waals surface area (Å²) in [6.07, 6.45) is 6.69. The summed E-state index contributed by atoms with van der Waals surface area (Å²) < 4.78 is 11.1. The second-order valence-corrected chi connectivity index (χ2v) is 5.80. The molecule has 0 aromatic carbocycles. The maximum atomic E-state index is 12.4. The fourth-order valence-corrected chi connectivity index (χ4v) is 3.24. The highest BCUT2D eigenvalue weighted by atomic mass is 16.5. The van der Waals surface area contributed by atoms with E-state index >= 15 is 0 Å². The minimum atomic E-state index is 0.208. The molecule has 5 heteroatoms. The highest BCUT2D eigenvalue weighted by molar-refractivity contribution is 5.77. The Hall–Kier alpha value is -1.33. The van der Waals surface area contributed by atoms with E-state index in [9.17, 15) is 4.79 Å². The Balaban J connectivity index is 1.46. The summed E-state index contributed by atoms with van der Waals surface area (Å²) in [7, 11) is 0. The Morgan fingerprint density at radius 3 is 3.00 bits per heavy atom. The van der Waals surface area contributed by atoms with Gasteiger partial charge in [0.2, 0.25) is 5.91 Å². The first-order valence-corrected chi connectivity index (χ1v) is 7.96. The number of ether oxygens (including phenoxy) is 2. The van der Waals surface area contributed by atoms with Gasteiger partial charge in [0.15, 0.2) is 0 Å². The Kier molecular flexibility index (Phi) is 4.93. The minimum Gasteiger partial charge on any atom is -0.381 e. The van der Waals surface area contributed by atoms with Crippen LogP contribution in [-0.2, 0) is 14.3 Å². The van der Waals surface area contributed by atoms with Gasteiger partial charge in [0.1, 0.15) is 0 Å². The van der Waals surface area contributed by atoms with Crippen molar-refractivity contribution in [3.8, 4) is 0 Å². The van der Waals surface area contributed by atoms with E-state index in [0.29, 0.717) is 13.0 Å². The molecule has 21 heavy (non-hydrogen) atoms. The quantitative estimate of drug-likeness (QED) is 0.905. The van der Waals surface area contributed by atoms with E-state index in [1.54, 1.807) is 0 Å². The number of likely N-dealkylation sites (tertiary alicyclic amines) is 1. The Morgan fingerprint density at radius 1 is 1.38 bits per heavy atom. The summed E-state index contributed by atoms with van der Waals surface area (Å²) in [6, 6.07) is 4.27. The number of aromatic amines is 1. The summed E-state index contributed by atoms with van der Waals surface area (Å²) in [4.78, 5) is 17.6. The molecule has 1 atom stereocenters. The molecule has 1 N–H and O–H groups in total. The van der Waals surface area contributed by atoms with Gasteiger partial charge in [-0.25, -0.2) is 0 Å². The summed E-state index contributed by atoms with van der Waals surface area (Å²) in [5.41, 5.74) is 1.14. The number of aromatic nitrogens is 1. The van der Waals surface area contributed by atoms with Gasteiger partial charge in [-0.2, -0.15) is 0 Å². The van der Waals surface area contributed by atoms with Crippen molar-refractivity contribution in [3.63, 3.8) is 0 Å². The topological polar surface area (TPSA) is 54.6 Å². The normalized spacial score (nSPS) is 23.6. The average Bonchev–Trinajstić information content (AvgIpc) is 3.19. The Morgan fingerprint density at radius 2 is 2.24 bits per heavy atom. The highest BCUT2D eigenvalue weighted by Crippen LogP contribution is 2.31. The lowest BCUT2D eigenvalue weighted by Crippen LogP contribution is -2.32. The standard InChI is InChI=1S/C16H24N2O3/c19-16(7-12-21-13-5-10-20-11-6-13)18-9-2-4-15(18)14-3-1-8-17-14/h1,3,8,13,15,17H,2,4-7,9-12H2/t15-/m0/s1. The molecule has 0 saturated carbocycles. The molecule has 0 spiro atoms. The minimum absolute atomic E-state index is 0.208. The average molecular weight is 292 g/mol. The van der Waals surface area contributed by atoms with Crippen LogP contribution in [-0.4, -0.2) is 48.3 Å². The van der Waals surface area contributed by atoms with Crippen LogP contribution in [0.3, 0.4) is 0 Å². The Labute approximate surface area is 125 Å². The summed E-state index contributed by atoms with van der Waals surface area (Å²) in [5.74, 6) is 0.208. The van der Waals surface area contributed by atoms with Crippen LogP contribution in [0.1, 0.15) is 43.8 Å². The maximum Gasteiger partial charge on any atom is 0.225 e. The number of rotatable bonds is 5. The second kappa shape index (κ2) is 7.09. The van der Waals surface area contributed by atoms with Crippen LogP contribution >= 0.6 is 0 Å². The number of nitrogens with zero attached hydrogens (tertiary/aromatic N) is 1. The summed E-state index contributed by atoms with van der Waals surface area (Å²) in [5, 5.41) is 0. The van der Waals surface area contributed by atoms with Crippen LogP contribution < -0.4 is 0 Å². The Bertz CT molecular complexity index is 440. The number of carbonyl (C=O) groups excluding carboxylic acids is 1. The van der Waals surface area contributed by atoms with E-state index in [2.05, 4.69) is 11.1 Å². The number of amides is 1. The largest absolute Gasteiger partial charge is 0.381 e. The number of hydrogen-bond donors (Lipinski definition) is 1. The van der Waals surface area contributed by atoms with Crippen molar-refractivity contribution in [3.05, 3.63) is 24.0 Å². The number of nitrogens with one attached hydrogen (secondary N) is 1. The van der Waals surface area contributed by atoms with Gasteiger partial charge in [0, 0.05) is 31.6 Å². The summed E-state index contributed by atoms with van der Waals surface area (Å²) in [6.45, 7) is 2.94. The van der Waals surface area contributed by atoms with Gasteiger partial charge >= 0.3 is 0 Å². The van der Waals surface area contributed by atoms with Crippen molar-refractivity contribution in [2.24, 2.45) is 0 Å². The molecule has 0 unspecified atom stereocenters. The van der Waals surface area contributed by atoms with Crippen LogP contribution in [0.25, 0.3) is 0 Å². The molecule has 2 saturated heterocycles. The lowest BCUT2D eigenvalue weighted by atomic mass is 10.1. The molecule has 3 rings (SSSR count). The predicted molar refractivity (Wildman–Crippen MR) is 78.9 cm³/mol. The number of carbonyl (C=O) groups is 1.